The number of rotatable bonds is 5. The van der Waals surface area contributed by atoms with E-state index in [9.17, 15) is 9.59 Å². The van der Waals surface area contributed by atoms with Crippen LogP contribution in [-0.4, -0.2) is 22.8 Å². The van der Waals surface area contributed by atoms with Crippen LogP contribution in [0, 0.1) is 0 Å². The second-order valence-electron chi connectivity index (χ2n) is 6.53. The molecule has 3 heterocycles. The lowest BCUT2D eigenvalue weighted by atomic mass is 10.0. The van der Waals surface area contributed by atoms with E-state index in [2.05, 4.69) is 42.6 Å². The minimum Gasteiger partial charge on any atom is -0.273 e. The number of hydrazine groups is 2. The first-order valence-electron chi connectivity index (χ1n) is 8.92. The molecule has 2 atom stereocenters. The first kappa shape index (κ1) is 20.2. The third-order valence-corrected chi connectivity index (χ3v) is 7.17. The van der Waals surface area contributed by atoms with Crippen molar-refractivity contribution in [2.24, 2.45) is 0 Å². The van der Waals surface area contributed by atoms with Crippen LogP contribution in [0.5, 0.6) is 0 Å². The number of nitrogens with one attached hydrogen (secondary N) is 4. The lowest BCUT2D eigenvalue weighted by Gasteiger charge is -2.11. The van der Waals surface area contributed by atoms with Gasteiger partial charge in [-0.25, -0.2) is 15.8 Å². The molecular formula is C19H18BrN5O2S2. The van der Waals surface area contributed by atoms with Crippen molar-refractivity contribution in [2.75, 3.05) is 0 Å². The normalized spacial score (nSPS) is 18.5. The maximum atomic E-state index is 12.3. The molecule has 0 radical (unpaired) electrons. The molecule has 1 fully saturated rings. The maximum Gasteiger partial charge on any atom is 0.256 e. The molecule has 10 heteroatoms. The zero-order chi connectivity index (χ0) is 20.2. The average molecular weight is 492 g/mol. The molecule has 2 amide bonds. The Morgan fingerprint density at radius 2 is 1.97 bits per heavy atom. The van der Waals surface area contributed by atoms with Gasteiger partial charge >= 0.3 is 0 Å². The minimum absolute atomic E-state index is 0.0494. The van der Waals surface area contributed by atoms with Gasteiger partial charge < -0.3 is 0 Å². The Bertz CT molecular complexity index is 1010. The number of benzene rings is 1. The molecule has 7 nitrogen and oxygen atoms in total. The monoisotopic (exact) mass is 491 g/mol. The molecule has 0 aliphatic carbocycles. The second kappa shape index (κ2) is 9.14. The number of aromatic nitrogens is 1. The molecule has 1 aliphatic rings. The van der Waals surface area contributed by atoms with Crippen molar-refractivity contribution in [3.8, 4) is 9.88 Å². The molecule has 4 rings (SSSR count). The summed E-state index contributed by atoms with van der Waals surface area (Å²) in [5.41, 5.74) is 12.8. The summed E-state index contributed by atoms with van der Waals surface area (Å²) in [7, 11) is 0. The third kappa shape index (κ3) is 5.09. The topological polar surface area (TPSA) is 95.2 Å². The number of thiophene rings is 1. The van der Waals surface area contributed by atoms with Gasteiger partial charge in [-0.2, -0.15) is 0 Å². The van der Waals surface area contributed by atoms with E-state index in [1.165, 1.54) is 11.3 Å². The number of thiazole rings is 1. The van der Waals surface area contributed by atoms with E-state index in [1.54, 1.807) is 11.3 Å². The van der Waals surface area contributed by atoms with E-state index in [0.29, 0.717) is 12.1 Å². The average Bonchev–Trinajstić information content (AvgIpc) is 3.47. The van der Waals surface area contributed by atoms with Crippen molar-refractivity contribution in [3.05, 3.63) is 62.9 Å². The molecule has 0 spiro atoms. The van der Waals surface area contributed by atoms with Crippen molar-refractivity contribution in [2.45, 2.75) is 24.9 Å². The molecule has 29 heavy (non-hydrogen) atoms. The van der Waals surface area contributed by atoms with E-state index in [4.69, 9.17) is 0 Å². The van der Waals surface area contributed by atoms with Gasteiger partial charge in [0.2, 0.25) is 5.91 Å². The van der Waals surface area contributed by atoms with E-state index >= 15 is 0 Å². The second-order valence-corrected chi connectivity index (χ2v) is 9.21. The van der Waals surface area contributed by atoms with Crippen molar-refractivity contribution < 1.29 is 9.59 Å². The van der Waals surface area contributed by atoms with Crippen LogP contribution < -0.4 is 21.7 Å². The summed E-state index contributed by atoms with van der Waals surface area (Å²) in [5.74, 6) is -0.597. The van der Waals surface area contributed by atoms with Gasteiger partial charge in [-0.05, 0) is 34.0 Å². The summed E-state index contributed by atoms with van der Waals surface area (Å²) in [4.78, 5) is 30.0. The lowest BCUT2D eigenvalue weighted by Crippen LogP contribution is -2.50. The third-order valence-electron chi connectivity index (χ3n) is 4.42. The highest BCUT2D eigenvalue weighted by atomic mass is 79.9. The fourth-order valence-electron chi connectivity index (χ4n) is 2.99. The standard InChI is InChI=1S/C19H18BrN5O2S2/c20-12-6-16(28-9-12)19-21-13(10-29-19)7-17(26)24-25-18(27)15-8-14(22-23-15)11-4-2-1-3-5-11/h1-6,9-10,14-15,22-23H,7-8H2,(H,24,26)(H,25,27). The quantitative estimate of drug-likeness (QED) is 0.411. The number of nitrogens with zero attached hydrogens (tertiary/aromatic N) is 1. The van der Waals surface area contributed by atoms with Gasteiger partial charge in [0.05, 0.1) is 17.0 Å². The summed E-state index contributed by atoms with van der Waals surface area (Å²) in [5, 5.41) is 4.73. The summed E-state index contributed by atoms with van der Waals surface area (Å²) >= 11 is 6.51. The molecule has 3 aromatic rings. The molecule has 1 aliphatic heterocycles. The van der Waals surface area contributed by atoms with Crippen molar-refractivity contribution >= 4 is 50.4 Å². The molecular weight excluding hydrogens is 474 g/mol. The number of hydrogen-bond acceptors (Lipinski definition) is 7. The highest BCUT2D eigenvalue weighted by Gasteiger charge is 2.30. The SMILES string of the molecule is O=C(Cc1csc(-c2cc(Br)cs2)n1)NNC(=O)C1CC(c2ccccc2)NN1. The summed E-state index contributed by atoms with van der Waals surface area (Å²) in [6.07, 6.45) is 0.698. The number of hydrogen-bond donors (Lipinski definition) is 4. The summed E-state index contributed by atoms with van der Waals surface area (Å²) in [6, 6.07) is 11.5. The Kier molecular flexibility index (Phi) is 6.36. The van der Waals surface area contributed by atoms with Gasteiger partial charge in [-0.1, -0.05) is 30.3 Å². The predicted molar refractivity (Wildman–Crippen MR) is 117 cm³/mol. The van der Waals surface area contributed by atoms with Crippen molar-refractivity contribution in [3.63, 3.8) is 0 Å². The fraction of sp³-hybridized carbons (Fsp3) is 0.211. The number of carbonyl (C=O) groups excluding carboxylic acids is 2. The lowest BCUT2D eigenvalue weighted by molar-refractivity contribution is -0.129. The minimum atomic E-state index is -0.427. The molecule has 2 unspecified atom stereocenters. The van der Waals surface area contributed by atoms with Crippen LogP contribution in [0.3, 0.4) is 0 Å². The van der Waals surface area contributed by atoms with Gasteiger partial charge in [0.15, 0.2) is 0 Å². The van der Waals surface area contributed by atoms with Crippen LogP contribution in [-0.2, 0) is 16.0 Å². The summed E-state index contributed by atoms with van der Waals surface area (Å²) in [6.45, 7) is 0. The Morgan fingerprint density at radius 3 is 2.72 bits per heavy atom. The predicted octanol–water partition coefficient (Wildman–Crippen LogP) is 2.93. The Labute approximate surface area is 184 Å². The molecule has 150 valence electrons. The number of halogens is 1. The van der Waals surface area contributed by atoms with E-state index in [0.717, 1.165) is 19.9 Å². The van der Waals surface area contributed by atoms with Crippen molar-refractivity contribution in [1.29, 1.82) is 0 Å². The highest BCUT2D eigenvalue weighted by molar-refractivity contribution is 9.10. The Hall–Kier alpha value is -2.11. The fourth-order valence-corrected chi connectivity index (χ4v) is 5.31. The molecule has 1 aromatic carbocycles. The van der Waals surface area contributed by atoms with Crippen LogP contribution in [0.25, 0.3) is 9.88 Å². The first-order valence-corrected chi connectivity index (χ1v) is 11.5. The number of amides is 2. The zero-order valence-electron chi connectivity index (χ0n) is 15.1. The highest BCUT2D eigenvalue weighted by Crippen LogP contribution is 2.32. The van der Waals surface area contributed by atoms with Crippen LogP contribution in [0.2, 0.25) is 0 Å². The van der Waals surface area contributed by atoms with Gasteiger partial charge in [0.25, 0.3) is 5.91 Å². The van der Waals surface area contributed by atoms with E-state index < -0.39 is 6.04 Å². The Balaban J connectivity index is 1.25. The Morgan fingerprint density at radius 1 is 1.14 bits per heavy atom. The molecule has 4 N–H and O–H groups in total. The van der Waals surface area contributed by atoms with Gasteiger partial charge in [0, 0.05) is 21.3 Å². The van der Waals surface area contributed by atoms with Crippen molar-refractivity contribution in [1.82, 2.24) is 26.7 Å². The first-order chi connectivity index (χ1) is 14.1. The van der Waals surface area contributed by atoms with E-state index in [-0.39, 0.29) is 24.3 Å². The van der Waals surface area contributed by atoms with Crippen LogP contribution in [0.15, 0.2) is 51.6 Å². The largest absolute Gasteiger partial charge is 0.273 e. The van der Waals surface area contributed by atoms with Crippen LogP contribution >= 0.6 is 38.6 Å². The molecule has 0 saturated carbocycles. The zero-order valence-corrected chi connectivity index (χ0v) is 18.4. The number of carbonyl (C=O) groups is 2. The van der Waals surface area contributed by atoms with Crippen LogP contribution in [0.1, 0.15) is 23.7 Å². The van der Waals surface area contributed by atoms with Crippen LogP contribution in [0.4, 0.5) is 0 Å². The molecule has 2 aromatic heterocycles. The smallest absolute Gasteiger partial charge is 0.256 e. The van der Waals surface area contributed by atoms with Gasteiger partial charge in [-0.15, -0.1) is 22.7 Å². The summed E-state index contributed by atoms with van der Waals surface area (Å²) < 4.78 is 1.01. The van der Waals surface area contributed by atoms with E-state index in [1.807, 2.05) is 47.2 Å². The molecule has 1 saturated heterocycles. The maximum absolute atomic E-state index is 12.3. The van der Waals surface area contributed by atoms with Gasteiger partial charge in [0.1, 0.15) is 11.0 Å². The van der Waals surface area contributed by atoms with Gasteiger partial charge in [-0.3, -0.25) is 20.4 Å². The molecule has 0 bridgehead atoms.